The van der Waals surface area contributed by atoms with Crippen molar-refractivity contribution in [2.24, 2.45) is 0 Å². The van der Waals surface area contributed by atoms with Crippen LogP contribution in [-0.4, -0.2) is 98.3 Å². The van der Waals surface area contributed by atoms with Crippen LogP contribution in [0.2, 0.25) is 0 Å². The highest BCUT2D eigenvalue weighted by Crippen LogP contribution is 2.47. The molecule has 0 amide bonds. The molecule has 14 heteroatoms. The molecule has 0 aliphatic heterocycles. The van der Waals surface area contributed by atoms with Gasteiger partial charge in [0.25, 0.3) is 0 Å². The molecule has 260 valence electrons. The largest absolute Gasteiger partial charge is 0.472 e. The first-order valence-corrected chi connectivity index (χ1v) is 17.8. The van der Waals surface area contributed by atoms with Gasteiger partial charge >= 0.3 is 19.8 Å². The van der Waals surface area contributed by atoms with E-state index in [1.54, 1.807) is 0 Å². The summed E-state index contributed by atoms with van der Waals surface area (Å²) < 4.78 is 32.9. The summed E-state index contributed by atoms with van der Waals surface area (Å²) in [7, 11) is -5.08. The number of aliphatic hydroxyl groups excluding tert-OH is 5. The molecule has 1 aliphatic rings. The van der Waals surface area contributed by atoms with Gasteiger partial charge in [-0.2, -0.15) is 0 Å². The Balaban J connectivity index is 2.61. The Morgan fingerprint density at radius 3 is 1.50 bits per heavy atom. The van der Waals surface area contributed by atoms with Crippen molar-refractivity contribution in [2.45, 2.75) is 166 Å². The van der Waals surface area contributed by atoms with Gasteiger partial charge in [0.15, 0.2) is 6.10 Å². The second-order valence-corrected chi connectivity index (χ2v) is 13.1. The zero-order chi connectivity index (χ0) is 33.0. The van der Waals surface area contributed by atoms with E-state index in [-0.39, 0.29) is 12.8 Å². The zero-order valence-corrected chi connectivity index (χ0v) is 27.4. The average Bonchev–Trinajstić information content (AvgIpc) is 2.99. The minimum Gasteiger partial charge on any atom is -0.462 e. The molecule has 1 rings (SSSR count). The Morgan fingerprint density at radius 1 is 0.614 bits per heavy atom. The van der Waals surface area contributed by atoms with Crippen LogP contribution in [0.15, 0.2) is 0 Å². The molecule has 0 aromatic carbocycles. The molecule has 44 heavy (non-hydrogen) atoms. The maximum absolute atomic E-state index is 12.6. The maximum atomic E-state index is 12.6. The Labute approximate surface area is 261 Å². The molecule has 0 aromatic rings. The van der Waals surface area contributed by atoms with Crippen molar-refractivity contribution in [1.29, 1.82) is 0 Å². The van der Waals surface area contributed by atoms with Gasteiger partial charge in [-0.05, 0) is 12.8 Å². The maximum Gasteiger partial charge on any atom is 0.472 e. The van der Waals surface area contributed by atoms with Gasteiger partial charge < -0.3 is 39.9 Å². The normalized spacial score (nSPS) is 25.7. The van der Waals surface area contributed by atoms with Gasteiger partial charge in [0.2, 0.25) is 0 Å². The number of hydrogen-bond donors (Lipinski definition) is 6. The fourth-order valence-corrected chi connectivity index (χ4v) is 5.90. The van der Waals surface area contributed by atoms with E-state index in [2.05, 4.69) is 13.8 Å². The Morgan fingerprint density at radius 2 is 1.02 bits per heavy atom. The molecule has 0 bridgehead atoms. The first-order chi connectivity index (χ1) is 20.9. The van der Waals surface area contributed by atoms with Gasteiger partial charge in [0.1, 0.15) is 43.2 Å². The average molecular weight is 657 g/mol. The summed E-state index contributed by atoms with van der Waals surface area (Å²) in [5, 5.41) is 49.6. The van der Waals surface area contributed by atoms with Crippen molar-refractivity contribution in [3.05, 3.63) is 0 Å². The molecule has 0 saturated heterocycles. The van der Waals surface area contributed by atoms with E-state index in [0.29, 0.717) is 12.8 Å². The molecule has 0 heterocycles. The van der Waals surface area contributed by atoms with E-state index in [1.165, 1.54) is 32.1 Å². The van der Waals surface area contributed by atoms with Crippen LogP contribution >= 0.6 is 7.82 Å². The third kappa shape index (κ3) is 17.0. The van der Waals surface area contributed by atoms with Crippen molar-refractivity contribution in [3.8, 4) is 0 Å². The number of phosphoric ester groups is 1. The van der Waals surface area contributed by atoms with E-state index in [9.17, 15) is 44.6 Å². The first kappa shape index (κ1) is 40.9. The lowest BCUT2D eigenvalue weighted by Gasteiger charge is -2.41. The summed E-state index contributed by atoms with van der Waals surface area (Å²) in [4.78, 5) is 34.9. The van der Waals surface area contributed by atoms with Crippen molar-refractivity contribution in [1.82, 2.24) is 0 Å². The molecule has 0 spiro atoms. The lowest BCUT2D eigenvalue weighted by Crippen LogP contribution is -2.64. The van der Waals surface area contributed by atoms with Crippen LogP contribution in [0.25, 0.3) is 0 Å². The monoisotopic (exact) mass is 656 g/mol. The number of carbonyl (C=O) groups excluding carboxylic acids is 2. The number of aliphatic hydroxyl groups is 5. The Hall–Kier alpha value is -1.15. The number of phosphoric acid groups is 1. The molecule has 6 N–H and O–H groups in total. The van der Waals surface area contributed by atoms with Crippen LogP contribution < -0.4 is 0 Å². The third-order valence-corrected chi connectivity index (χ3v) is 8.68. The van der Waals surface area contributed by atoms with Crippen LogP contribution in [0.3, 0.4) is 0 Å². The summed E-state index contributed by atoms with van der Waals surface area (Å²) >= 11 is 0. The van der Waals surface area contributed by atoms with Gasteiger partial charge in [-0.25, -0.2) is 4.57 Å². The summed E-state index contributed by atoms with van der Waals surface area (Å²) in [5.41, 5.74) is 0. The second kappa shape index (κ2) is 23.2. The number of carbonyl (C=O) groups is 2. The zero-order valence-electron chi connectivity index (χ0n) is 26.5. The molecular weight excluding hydrogens is 599 g/mol. The molecule has 1 fully saturated rings. The van der Waals surface area contributed by atoms with Crippen molar-refractivity contribution < 1.29 is 63.1 Å². The number of rotatable bonds is 25. The molecule has 0 radical (unpaired) electrons. The van der Waals surface area contributed by atoms with E-state index >= 15 is 0 Å². The van der Waals surface area contributed by atoms with Crippen molar-refractivity contribution >= 4 is 19.8 Å². The molecular formula is C30H57O13P. The number of hydrogen-bond acceptors (Lipinski definition) is 12. The standard InChI is InChI=1S/C30H57O13P/c1-3-5-7-9-10-11-12-13-15-17-19-24(32)42-22(20-40-23(31)18-16-14-8-6-4-2)21-41-44(38,39)43-30-28(36)26(34)25(33)27(35)29(30)37/h22,25-30,33-37H,3-21H2,1-2H3,(H,38,39). The SMILES string of the molecule is CCCCCCCCCCCCC(=O)OC(COC(=O)CCCCCCC)COP(=O)(O)OC1C(O)C(O)C(O)C(O)C1O. The highest BCUT2D eigenvalue weighted by Gasteiger charge is 2.51. The Kier molecular flexibility index (Phi) is 21.6. The lowest BCUT2D eigenvalue weighted by molar-refractivity contribution is -0.220. The topological polar surface area (TPSA) is 210 Å². The van der Waals surface area contributed by atoms with E-state index in [0.717, 1.165) is 51.4 Å². The summed E-state index contributed by atoms with van der Waals surface area (Å²) in [6.45, 7) is 3.11. The molecule has 1 aliphatic carbocycles. The lowest BCUT2D eigenvalue weighted by atomic mass is 9.85. The smallest absolute Gasteiger partial charge is 0.462 e. The van der Waals surface area contributed by atoms with Crippen LogP contribution in [0.1, 0.15) is 123 Å². The van der Waals surface area contributed by atoms with Gasteiger partial charge in [-0.15, -0.1) is 0 Å². The molecule has 6 unspecified atom stereocenters. The van der Waals surface area contributed by atoms with Crippen molar-refractivity contribution in [3.63, 3.8) is 0 Å². The van der Waals surface area contributed by atoms with Gasteiger partial charge in [0, 0.05) is 12.8 Å². The third-order valence-electron chi connectivity index (χ3n) is 7.70. The molecule has 0 aromatic heterocycles. The van der Waals surface area contributed by atoms with Crippen LogP contribution in [0.5, 0.6) is 0 Å². The fraction of sp³-hybridized carbons (Fsp3) is 0.933. The highest BCUT2D eigenvalue weighted by atomic mass is 31.2. The molecule has 1 saturated carbocycles. The van der Waals surface area contributed by atoms with Gasteiger partial charge in [0.05, 0.1) is 6.61 Å². The second-order valence-electron chi connectivity index (χ2n) is 11.7. The quantitative estimate of drug-likeness (QED) is 0.0473. The minimum absolute atomic E-state index is 0.101. The molecule has 6 atom stereocenters. The van der Waals surface area contributed by atoms with Crippen LogP contribution in [-0.2, 0) is 32.7 Å². The predicted octanol–water partition coefficient (Wildman–Crippen LogP) is 3.43. The summed E-state index contributed by atoms with van der Waals surface area (Å²) in [6, 6.07) is 0. The van der Waals surface area contributed by atoms with E-state index < -0.39 is 75.7 Å². The number of unbranched alkanes of at least 4 members (excludes halogenated alkanes) is 13. The number of ether oxygens (including phenoxy) is 2. The fourth-order valence-electron chi connectivity index (χ4n) is 4.93. The predicted molar refractivity (Wildman–Crippen MR) is 161 cm³/mol. The number of esters is 2. The Bertz CT molecular complexity index is 813. The van der Waals surface area contributed by atoms with Gasteiger partial charge in [-0.3, -0.25) is 18.6 Å². The molecule has 13 nitrogen and oxygen atoms in total. The van der Waals surface area contributed by atoms with E-state index in [1.807, 2.05) is 0 Å². The van der Waals surface area contributed by atoms with Crippen molar-refractivity contribution in [2.75, 3.05) is 13.2 Å². The van der Waals surface area contributed by atoms with E-state index in [4.69, 9.17) is 18.5 Å². The van der Waals surface area contributed by atoms with Gasteiger partial charge in [-0.1, -0.05) is 97.3 Å². The minimum atomic E-state index is -5.08. The summed E-state index contributed by atoms with van der Waals surface area (Å²) in [6.07, 6.45) is 2.64. The first-order valence-electron chi connectivity index (χ1n) is 16.3. The highest BCUT2D eigenvalue weighted by molar-refractivity contribution is 7.47. The van der Waals surface area contributed by atoms with Crippen LogP contribution in [0, 0.1) is 0 Å². The summed E-state index contributed by atoms with van der Waals surface area (Å²) in [5.74, 6) is -1.11. The van der Waals surface area contributed by atoms with Crippen LogP contribution in [0.4, 0.5) is 0 Å².